The Morgan fingerprint density at radius 1 is 1.06 bits per heavy atom. The van der Waals surface area contributed by atoms with Crippen molar-refractivity contribution in [1.29, 1.82) is 0 Å². The molecule has 2 heterocycles. The van der Waals surface area contributed by atoms with Gasteiger partial charge >= 0.3 is 5.97 Å². The maximum atomic E-state index is 11.8. The molecule has 0 spiro atoms. The molecule has 0 bridgehead atoms. The molecular weight excluding hydrogens is 236 g/mol. The maximum Gasteiger partial charge on any atom is 0.358 e. The van der Waals surface area contributed by atoms with Gasteiger partial charge < -0.3 is 10.4 Å². The highest BCUT2D eigenvalue weighted by Crippen LogP contribution is 2.10. The lowest BCUT2D eigenvalue weighted by molar-refractivity contribution is 0.0691. The molecule has 0 radical (unpaired) electrons. The number of hydrogen-bond donors (Lipinski definition) is 2. The Kier molecular flexibility index (Phi) is 3.24. The van der Waals surface area contributed by atoms with Crippen LogP contribution in [0.25, 0.3) is 0 Å². The number of carbonyl (C=O) groups excluding carboxylic acids is 1. The molecule has 0 saturated carbocycles. The number of amides is 1. The Labute approximate surface area is 102 Å². The standard InChI is InChI=1S/C11H8N4O3/c16-10(7-1-3-12-4-2-7)15-9-8(11(17)18)13-5-6-14-9/h1-6H,(H,17,18)(H,14,15,16). The first-order chi connectivity index (χ1) is 8.68. The molecular formula is C11H8N4O3. The molecule has 0 unspecified atom stereocenters. The number of nitrogens with one attached hydrogen (secondary N) is 1. The lowest BCUT2D eigenvalue weighted by atomic mass is 10.2. The minimum absolute atomic E-state index is 0.0909. The average Bonchev–Trinajstić information content (AvgIpc) is 2.40. The summed E-state index contributed by atoms with van der Waals surface area (Å²) in [4.78, 5) is 33.9. The van der Waals surface area contributed by atoms with Crippen molar-refractivity contribution in [1.82, 2.24) is 15.0 Å². The molecule has 0 aliphatic rings. The molecule has 7 heteroatoms. The normalized spacial score (nSPS) is 9.78. The summed E-state index contributed by atoms with van der Waals surface area (Å²) in [5, 5.41) is 11.3. The van der Waals surface area contributed by atoms with Crippen molar-refractivity contribution in [3.05, 3.63) is 48.2 Å². The number of anilines is 1. The first kappa shape index (κ1) is 11.6. The van der Waals surface area contributed by atoms with Gasteiger partial charge in [-0.25, -0.2) is 14.8 Å². The number of carboxylic acid groups (broad SMARTS) is 1. The van der Waals surface area contributed by atoms with Gasteiger partial charge in [0.25, 0.3) is 5.91 Å². The predicted octanol–water partition coefficient (Wildman–Crippen LogP) is 0.822. The third-order valence-corrected chi connectivity index (χ3v) is 2.08. The van der Waals surface area contributed by atoms with Crippen LogP contribution >= 0.6 is 0 Å². The van der Waals surface area contributed by atoms with Crippen LogP contribution in [0.1, 0.15) is 20.8 Å². The second-order valence-electron chi connectivity index (χ2n) is 3.25. The third-order valence-electron chi connectivity index (χ3n) is 2.08. The zero-order chi connectivity index (χ0) is 13.0. The summed E-state index contributed by atoms with van der Waals surface area (Å²) in [7, 11) is 0. The second kappa shape index (κ2) is 5.00. The zero-order valence-corrected chi connectivity index (χ0v) is 9.07. The molecule has 18 heavy (non-hydrogen) atoms. The van der Waals surface area contributed by atoms with Crippen LogP contribution in [0.4, 0.5) is 5.82 Å². The fourth-order valence-corrected chi connectivity index (χ4v) is 1.27. The summed E-state index contributed by atoms with van der Waals surface area (Å²) in [5.41, 5.74) is 0.0481. The minimum atomic E-state index is -1.26. The van der Waals surface area contributed by atoms with Gasteiger partial charge in [-0.1, -0.05) is 0 Å². The molecule has 2 rings (SSSR count). The summed E-state index contributed by atoms with van der Waals surface area (Å²) < 4.78 is 0. The van der Waals surface area contributed by atoms with Crippen LogP contribution < -0.4 is 5.32 Å². The van der Waals surface area contributed by atoms with E-state index in [9.17, 15) is 9.59 Å². The highest BCUT2D eigenvalue weighted by atomic mass is 16.4. The van der Waals surface area contributed by atoms with E-state index in [0.717, 1.165) is 0 Å². The average molecular weight is 244 g/mol. The summed E-state index contributed by atoms with van der Waals surface area (Å²) >= 11 is 0. The van der Waals surface area contributed by atoms with E-state index in [0.29, 0.717) is 5.56 Å². The van der Waals surface area contributed by atoms with Gasteiger partial charge in [-0.2, -0.15) is 0 Å². The zero-order valence-electron chi connectivity index (χ0n) is 9.07. The molecule has 7 nitrogen and oxygen atoms in total. The van der Waals surface area contributed by atoms with Crippen LogP contribution in [-0.2, 0) is 0 Å². The number of carbonyl (C=O) groups is 2. The van der Waals surface area contributed by atoms with Crippen LogP contribution in [0.3, 0.4) is 0 Å². The van der Waals surface area contributed by atoms with E-state index >= 15 is 0 Å². The van der Waals surface area contributed by atoms with E-state index in [4.69, 9.17) is 5.11 Å². The summed E-state index contributed by atoms with van der Waals surface area (Å²) in [6, 6.07) is 3.01. The number of rotatable bonds is 3. The van der Waals surface area contributed by atoms with Gasteiger partial charge in [0.15, 0.2) is 11.5 Å². The van der Waals surface area contributed by atoms with Crippen LogP contribution in [0.2, 0.25) is 0 Å². The number of aromatic carboxylic acids is 1. The van der Waals surface area contributed by atoms with Gasteiger partial charge in [0.1, 0.15) is 0 Å². The molecule has 1 amide bonds. The van der Waals surface area contributed by atoms with Crippen LogP contribution in [-0.4, -0.2) is 31.9 Å². The summed E-state index contributed by atoms with van der Waals surface area (Å²) in [6.07, 6.45) is 5.47. The van der Waals surface area contributed by atoms with E-state index in [-0.39, 0.29) is 11.5 Å². The van der Waals surface area contributed by atoms with Gasteiger partial charge in [0.05, 0.1) is 0 Å². The van der Waals surface area contributed by atoms with E-state index in [1.165, 1.54) is 36.9 Å². The Morgan fingerprint density at radius 3 is 2.39 bits per heavy atom. The first-order valence-corrected chi connectivity index (χ1v) is 4.94. The fourth-order valence-electron chi connectivity index (χ4n) is 1.27. The topological polar surface area (TPSA) is 105 Å². The van der Waals surface area contributed by atoms with Crippen molar-refractivity contribution in [2.24, 2.45) is 0 Å². The smallest absolute Gasteiger partial charge is 0.358 e. The van der Waals surface area contributed by atoms with E-state index in [1.807, 2.05) is 0 Å². The molecule has 2 aromatic heterocycles. The van der Waals surface area contributed by atoms with Crippen molar-refractivity contribution in [3.63, 3.8) is 0 Å². The van der Waals surface area contributed by atoms with Crippen molar-refractivity contribution in [2.75, 3.05) is 5.32 Å². The van der Waals surface area contributed by atoms with E-state index < -0.39 is 11.9 Å². The monoisotopic (exact) mass is 244 g/mol. The summed E-state index contributed by atoms with van der Waals surface area (Å²) in [6.45, 7) is 0. The minimum Gasteiger partial charge on any atom is -0.476 e. The van der Waals surface area contributed by atoms with Crippen molar-refractivity contribution < 1.29 is 14.7 Å². The van der Waals surface area contributed by atoms with Gasteiger partial charge in [0.2, 0.25) is 0 Å². The molecule has 0 atom stereocenters. The van der Waals surface area contributed by atoms with Crippen molar-refractivity contribution >= 4 is 17.7 Å². The second-order valence-corrected chi connectivity index (χ2v) is 3.25. The highest BCUT2D eigenvalue weighted by molar-refractivity contribution is 6.06. The highest BCUT2D eigenvalue weighted by Gasteiger charge is 2.15. The molecule has 2 aromatic rings. The Balaban J connectivity index is 2.25. The van der Waals surface area contributed by atoms with Crippen molar-refractivity contribution in [3.8, 4) is 0 Å². The molecule has 0 saturated heterocycles. The quantitative estimate of drug-likeness (QED) is 0.828. The van der Waals surface area contributed by atoms with Gasteiger partial charge in [-0.3, -0.25) is 9.78 Å². The lowest BCUT2D eigenvalue weighted by Gasteiger charge is -2.05. The Morgan fingerprint density at radius 2 is 1.72 bits per heavy atom. The number of pyridine rings is 1. The van der Waals surface area contributed by atoms with E-state index in [2.05, 4.69) is 20.3 Å². The first-order valence-electron chi connectivity index (χ1n) is 4.94. The Hall–Kier alpha value is -2.83. The van der Waals surface area contributed by atoms with E-state index in [1.54, 1.807) is 0 Å². The number of carboxylic acids is 1. The predicted molar refractivity (Wildman–Crippen MR) is 61.2 cm³/mol. The molecule has 2 N–H and O–H groups in total. The van der Waals surface area contributed by atoms with Gasteiger partial charge in [-0.05, 0) is 12.1 Å². The number of nitrogens with zero attached hydrogens (tertiary/aromatic N) is 3. The fraction of sp³-hybridized carbons (Fsp3) is 0. The molecule has 90 valence electrons. The SMILES string of the molecule is O=C(Nc1nccnc1C(=O)O)c1ccncc1. The maximum absolute atomic E-state index is 11.8. The van der Waals surface area contributed by atoms with Gasteiger partial charge in [0, 0.05) is 30.4 Å². The van der Waals surface area contributed by atoms with Crippen LogP contribution in [0.5, 0.6) is 0 Å². The molecule has 0 fully saturated rings. The number of hydrogen-bond acceptors (Lipinski definition) is 5. The Bertz CT molecular complexity index is 586. The molecule has 0 aromatic carbocycles. The third kappa shape index (κ3) is 2.46. The number of aromatic nitrogens is 3. The molecule has 0 aliphatic heterocycles. The van der Waals surface area contributed by atoms with Crippen LogP contribution in [0.15, 0.2) is 36.9 Å². The van der Waals surface area contributed by atoms with Crippen LogP contribution in [0, 0.1) is 0 Å². The lowest BCUT2D eigenvalue weighted by Crippen LogP contribution is -2.17. The van der Waals surface area contributed by atoms with Gasteiger partial charge in [-0.15, -0.1) is 0 Å². The van der Waals surface area contributed by atoms with Crippen molar-refractivity contribution in [2.45, 2.75) is 0 Å². The molecule has 0 aliphatic carbocycles. The largest absolute Gasteiger partial charge is 0.476 e. The summed E-state index contributed by atoms with van der Waals surface area (Å²) in [5.74, 6) is -1.82.